The van der Waals surface area contributed by atoms with Crippen LogP contribution in [0.4, 0.5) is 0 Å². The van der Waals surface area contributed by atoms with Crippen LogP contribution in [0.3, 0.4) is 0 Å². The van der Waals surface area contributed by atoms with Gasteiger partial charge in [-0.2, -0.15) is 4.98 Å². The Labute approximate surface area is 237 Å². The lowest BCUT2D eigenvalue weighted by molar-refractivity contribution is -0.148. The standard InChI is InChI=1S/C25H22N2O2.C7H12O2.C2H6/c1-4-18-14-21(12-13-23(18)22-11-6-5-8-16(22)2)25-26-24(27-29-25)20-10-7-9-19(15-20)17(3)28;1-3-9-6(8)7(2)4-5-7;1-2/h5-15H,4H2,1-3H3;3-5H2,1-2H3;1-2H3. The molecule has 5 rings (SSSR count). The molecular formula is C34H40N2O4. The Bertz CT molecular complexity index is 1450. The van der Waals surface area contributed by atoms with Crippen LogP contribution in [0.1, 0.15) is 75.9 Å². The summed E-state index contributed by atoms with van der Waals surface area (Å²) in [5.41, 5.74) is 7.13. The number of benzene rings is 3. The number of esters is 1. The average molecular weight is 541 g/mol. The zero-order chi connectivity index (χ0) is 29.3. The third-order valence-corrected chi connectivity index (χ3v) is 6.89. The molecule has 0 amide bonds. The summed E-state index contributed by atoms with van der Waals surface area (Å²) in [6.45, 7) is 14.1. The van der Waals surface area contributed by atoms with Gasteiger partial charge in [0.15, 0.2) is 5.78 Å². The molecular weight excluding hydrogens is 500 g/mol. The van der Waals surface area contributed by atoms with E-state index < -0.39 is 0 Å². The average Bonchev–Trinajstić information content (AvgIpc) is 3.54. The van der Waals surface area contributed by atoms with E-state index in [2.05, 4.69) is 60.4 Å². The van der Waals surface area contributed by atoms with Gasteiger partial charge in [-0.25, -0.2) is 0 Å². The van der Waals surface area contributed by atoms with Gasteiger partial charge in [-0.3, -0.25) is 9.59 Å². The fourth-order valence-corrected chi connectivity index (χ4v) is 4.19. The Kier molecular flexibility index (Phi) is 10.5. The van der Waals surface area contributed by atoms with Crippen LogP contribution in [0.15, 0.2) is 71.3 Å². The highest BCUT2D eigenvalue weighted by molar-refractivity contribution is 5.95. The van der Waals surface area contributed by atoms with Crippen LogP contribution < -0.4 is 0 Å². The molecule has 0 aliphatic heterocycles. The second kappa shape index (κ2) is 13.8. The molecule has 0 unspecified atom stereocenters. The minimum Gasteiger partial charge on any atom is -0.466 e. The van der Waals surface area contributed by atoms with Gasteiger partial charge >= 0.3 is 5.97 Å². The third-order valence-electron chi connectivity index (χ3n) is 6.89. The summed E-state index contributed by atoms with van der Waals surface area (Å²) in [6.07, 6.45) is 2.91. The van der Waals surface area contributed by atoms with E-state index in [-0.39, 0.29) is 17.2 Å². The van der Waals surface area contributed by atoms with Gasteiger partial charge in [-0.15, -0.1) is 0 Å². The lowest BCUT2D eigenvalue weighted by Gasteiger charge is -2.11. The number of nitrogens with zero attached hydrogens (tertiary/aromatic N) is 2. The summed E-state index contributed by atoms with van der Waals surface area (Å²) < 4.78 is 10.4. The van der Waals surface area contributed by atoms with Crippen molar-refractivity contribution in [2.24, 2.45) is 5.41 Å². The molecule has 6 nitrogen and oxygen atoms in total. The van der Waals surface area contributed by atoms with Crippen LogP contribution >= 0.6 is 0 Å². The van der Waals surface area contributed by atoms with E-state index in [1.165, 1.54) is 22.3 Å². The van der Waals surface area contributed by atoms with Crippen molar-refractivity contribution in [2.75, 3.05) is 6.61 Å². The van der Waals surface area contributed by atoms with Gasteiger partial charge in [0.05, 0.1) is 12.0 Å². The molecule has 0 radical (unpaired) electrons. The lowest BCUT2D eigenvalue weighted by Crippen LogP contribution is -2.14. The van der Waals surface area contributed by atoms with Crippen LogP contribution in [0.25, 0.3) is 34.0 Å². The van der Waals surface area contributed by atoms with Crippen LogP contribution in [0.5, 0.6) is 0 Å². The molecule has 1 aliphatic carbocycles. The number of ketones is 1. The molecule has 3 aromatic carbocycles. The lowest BCUT2D eigenvalue weighted by atomic mass is 9.93. The molecule has 1 aromatic heterocycles. The van der Waals surface area contributed by atoms with Gasteiger partial charge in [-0.05, 0) is 87.4 Å². The largest absolute Gasteiger partial charge is 0.466 e. The molecule has 1 saturated carbocycles. The number of hydrogen-bond donors (Lipinski definition) is 0. The zero-order valence-corrected chi connectivity index (χ0v) is 24.7. The molecule has 0 N–H and O–H groups in total. The van der Waals surface area contributed by atoms with Crippen LogP contribution in [0, 0.1) is 12.3 Å². The molecule has 6 heteroatoms. The van der Waals surface area contributed by atoms with E-state index in [9.17, 15) is 9.59 Å². The van der Waals surface area contributed by atoms with E-state index in [1.807, 2.05) is 45.9 Å². The number of ether oxygens (including phenoxy) is 1. The van der Waals surface area contributed by atoms with Crippen molar-refractivity contribution in [3.63, 3.8) is 0 Å². The Morgan fingerprint density at radius 1 is 0.925 bits per heavy atom. The van der Waals surface area contributed by atoms with Gasteiger partial charge < -0.3 is 9.26 Å². The highest BCUT2D eigenvalue weighted by atomic mass is 16.5. The molecule has 0 atom stereocenters. The maximum Gasteiger partial charge on any atom is 0.311 e. The van der Waals surface area contributed by atoms with E-state index in [4.69, 9.17) is 9.26 Å². The fourth-order valence-electron chi connectivity index (χ4n) is 4.19. The highest BCUT2D eigenvalue weighted by Gasteiger charge is 2.46. The van der Waals surface area contributed by atoms with Gasteiger partial charge in [0, 0.05) is 16.7 Å². The molecule has 1 aliphatic rings. The quantitative estimate of drug-likeness (QED) is 0.173. The first-order chi connectivity index (χ1) is 19.3. The first-order valence-corrected chi connectivity index (χ1v) is 14.1. The number of carbonyl (C=O) groups excluding carboxylic acids is 2. The summed E-state index contributed by atoms with van der Waals surface area (Å²) in [6, 6.07) is 21.9. The third kappa shape index (κ3) is 7.32. The zero-order valence-electron chi connectivity index (χ0n) is 24.7. The second-order valence-electron chi connectivity index (χ2n) is 9.88. The second-order valence-corrected chi connectivity index (χ2v) is 9.88. The van der Waals surface area contributed by atoms with Crippen molar-refractivity contribution in [1.82, 2.24) is 10.1 Å². The normalized spacial score (nSPS) is 12.8. The van der Waals surface area contributed by atoms with Crippen molar-refractivity contribution >= 4 is 11.8 Å². The molecule has 40 heavy (non-hydrogen) atoms. The highest BCUT2D eigenvalue weighted by Crippen LogP contribution is 2.45. The molecule has 1 heterocycles. The molecule has 0 bridgehead atoms. The Balaban J connectivity index is 0.000000339. The van der Waals surface area contributed by atoms with Gasteiger partial charge in [0.1, 0.15) is 0 Å². The molecule has 0 saturated heterocycles. The number of Topliss-reactive ketones (excluding diaryl/α,β-unsaturated/α-hetero) is 1. The van der Waals surface area contributed by atoms with Crippen molar-refractivity contribution < 1.29 is 18.8 Å². The van der Waals surface area contributed by atoms with E-state index in [1.54, 1.807) is 19.1 Å². The Hall–Kier alpha value is -4.06. The number of aromatic nitrogens is 2. The predicted molar refractivity (Wildman–Crippen MR) is 160 cm³/mol. The SMILES string of the molecule is CC.CCOC(=O)C1(C)CC1.CCc1cc(-c2nc(-c3cccc(C(C)=O)c3)no2)ccc1-c1ccccc1C. The number of rotatable bonds is 7. The maximum atomic E-state index is 11.6. The van der Waals surface area contributed by atoms with Gasteiger partial charge in [0.2, 0.25) is 5.82 Å². The maximum absolute atomic E-state index is 11.6. The Morgan fingerprint density at radius 2 is 1.65 bits per heavy atom. The summed E-state index contributed by atoms with van der Waals surface area (Å²) in [4.78, 5) is 27.1. The summed E-state index contributed by atoms with van der Waals surface area (Å²) in [7, 11) is 0. The minimum atomic E-state index is -0.101. The van der Waals surface area contributed by atoms with Crippen LogP contribution in [-0.2, 0) is 16.0 Å². The van der Waals surface area contributed by atoms with Gasteiger partial charge in [-0.1, -0.05) is 74.5 Å². The Morgan fingerprint density at radius 3 is 2.27 bits per heavy atom. The smallest absolute Gasteiger partial charge is 0.311 e. The topological polar surface area (TPSA) is 82.3 Å². The van der Waals surface area contributed by atoms with Crippen molar-refractivity contribution in [3.8, 4) is 34.0 Å². The number of hydrogen-bond acceptors (Lipinski definition) is 6. The molecule has 210 valence electrons. The first-order valence-electron chi connectivity index (χ1n) is 14.1. The van der Waals surface area contributed by atoms with Crippen molar-refractivity contribution in [3.05, 3.63) is 83.4 Å². The van der Waals surface area contributed by atoms with Crippen LogP contribution in [-0.4, -0.2) is 28.5 Å². The number of aryl methyl sites for hydroxylation is 2. The first kappa shape index (κ1) is 30.5. The fraction of sp³-hybridized carbons (Fsp3) is 0.353. The predicted octanol–water partition coefficient (Wildman–Crippen LogP) is 8.52. The molecule has 4 aromatic rings. The number of carbonyl (C=O) groups is 2. The van der Waals surface area contributed by atoms with Gasteiger partial charge in [0.25, 0.3) is 5.89 Å². The summed E-state index contributed by atoms with van der Waals surface area (Å²) >= 11 is 0. The molecule has 0 spiro atoms. The van der Waals surface area contributed by atoms with E-state index in [0.29, 0.717) is 23.9 Å². The summed E-state index contributed by atoms with van der Waals surface area (Å²) in [5, 5.41) is 4.12. The monoisotopic (exact) mass is 540 g/mol. The summed E-state index contributed by atoms with van der Waals surface area (Å²) in [5.74, 6) is 0.934. The van der Waals surface area contributed by atoms with Crippen LogP contribution in [0.2, 0.25) is 0 Å². The van der Waals surface area contributed by atoms with E-state index >= 15 is 0 Å². The van der Waals surface area contributed by atoms with Crippen molar-refractivity contribution in [2.45, 2.75) is 67.7 Å². The van der Waals surface area contributed by atoms with Crippen molar-refractivity contribution in [1.29, 1.82) is 0 Å². The molecule has 1 fully saturated rings. The minimum absolute atomic E-state index is 0.00921. The van der Waals surface area contributed by atoms with E-state index in [0.717, 1.165) is 30.4 Å².